The number of nitrogen functional groups attached to an aromatic ring is 1. The number of aromatic nitrogens is 2. The van der Waals surface area contributed by atoms with E-state index in [0.717, 1.165) is 0 Å². The first-order valence-electron chi connectivity index (χ1n) is 3.48. The maximum absolute atomic E-state index is 11.0. The van der Waals surface area contributed by atoms with E-state index in [9.17, 15) is 4.79 Å². The number of hydrogen-bond acceptors (Lipinski definition) is 5. The number of carbonyl (C=O) groups is 1. The lowest BCUT2D eigenvalue weighted by molar-refractivity contribution is 0.0512. The average molecular weight is 167 g/mol. The van der Waals surface area contributed by atoms with Gasteiger partial charge in [0.1, 0.15) is 0 Å². The largest absolute Gasteiger partial charge is 0.460 e. The summed E-state index contributed by atoms with van der Waals surface area (Å²) in [4.78, 5) is 18.3. The van der Waals surface area contributed by atoms with Gasteiger partial charge in [0, 0.05) is 0 Å². The summed E-state index contributed by atoms with van der Waals surface area (Å²) in [6.45, 7) is 2.03. The lowest BCUT2D eigenvalue weighted by Crippen LogP contribution is -2.09. The van der Waals surface area contributed by atoms with E-state index in [0.29, 0.717) is 12.3 Å². The van der Waals surface area contributed by atoms with Crippen molar-refractivity contribution in [3.05, 3.63) is 18.2 Å². The van der Waals surface area contributed by atoms with Gasteiger partial charge in [0.05, 0.1) is 24.7 Å². The van der Waals surface area contributed by atoms with E-state index >= 15 is 0 Å². The van der Waals surface area contributed by atoms with Crippen molar-refractivity contribution in [1.29, 1.82) is 0 Å². The Labute approximate surface area is 69.6 Å². The SMILES string of the molecule is CCOC(=O)c1ncc(N)cn1. The van der Waals surface area contributed by atoms with Gasteiger partial charge in [-0.1, -0.05) is 0 Å². The summed E-state index contributed by atoms with van der Waals surface area (Å²) in [5.74, 6) is -0.497. The van der Waals surface area contributed by atoms with Gasteiger partial charge in [0.2, 0.25) is 5.82 Å². The molecule has 0 spiro atoms. The molecule has 0 atom stereocenters. The van der Waals surface area contributed by atoms with Crippen LogP contribution in [0.25, 0.3) is 0 Å². The monoisotopic (exact) mass is 167 g/mol. The van der Waals surface area contributed by atoms with E-state index < -0.39 is 5.97 Å². The number of nitrogens with zero attached hydrogens (tertiary/aromatic N) is 2. The Hall–Kier alpha value is -1.65. The molecule has 0 fully saturated rings. The van der Waals surface area contributed by atoms with E-state index in [1.807, 2.05) is 0 Å². The van der Waals surface area contributed by atoms with E-state index in [2.05, 4.69) is 14.7 Å². The lowest BCUT2D eigenvalue weighted by atomic mass is 10.5. The fraction of sp³-hybridized carbons (Fsp3) is 0.286. The van der Waals surface area contributed by atoms with Gasteiger partial charge in [-0.25, -0.2) is 14.8 Å². The third-order valence-corrected chi connectivity index (χ3v) is 1.13. The fourth-order valence-corrected chi connectivity index (χ4v) is 0.639. The molecular weight excluding hydrogens is 158 g/mol. The summed E-state index contributed by atoms with van der Waals surface area (Å²) < 4.78 is 4.66. The summed E-state index contributed by atoms with van der Waals surface area (Å²) in [6, 6.07) is 0. The standard InChI is InChI=1S/C7H9N3O2/c1-2-12-7(11)6-9-3-5(8)4-10-6/h3-4H,2,8H2,1H3. The van der Waals surface area contributed by atoms with Crippen molar-refractivity contribution < 1.29 is 9.53 Å². The number of nitrogens with two attached hydrogens (primary N) is 1. The zero-order chi connectivity index (χ0) is 8.97. The summed E-state index contributed by atoms with van der Waals surface area (Å²) in [6.07, 6.45) is 2.72. The van der Waals surface area contributed by atoms with Crippen LogP contribution in [-0.4, -0.2) is 22.5 Å². The molecule has 1 aromatic heterocycles. The topological polar surface area (TPSA) is 78.1 Å². The highest BCUT2D eigenvalue weighted by Crippen LogP contribution is 1.97. The van der Waals surface area contributed by atoms with Crippen LogP contribution in [0.4, 0.5) is 5.69 Å². The fourth-order valence-electron chi connectivity index (χ4n) is 0.639. The lowest BCUT2D eigenvalue weighted by Gasteiger charge is -1.98. The highest BCUT2D eigenvalue weighted by Gasteiger charge is 2.08. The molecule has 0 aliphatic rings. The molecule has 5 nitrogen and oxygen atoms in total. The van der Waals surface area contributed by atoms with Crippen molar-refractivity contribution >= 4 is 11.7 Å². The first kappa shape index (κ1) is 8.45. The molecule has 1 heterocycles. The van der Waals surface area contributed by atoms with Crippen LogP contribution >= 0.6 is 0 Å². The molecule has 12 heavy (non-hydrogen) atoms. The summed E-state index contributed by atoms with van der Waals surface area (Å²) >= 11 is 0. The quantitative estimate of drug-likeness (QED) is 0.638. The first-order chi connectivity index (χ1) is 5.74. The van der Waals surface area contributed by atoms with Gasteiger partial charge >= 0.3 is 5.97 Å². The Balaban J connectivity index is 2.75. The first-order valence-corrected chi connectivity index (χ1v) is 3.48. The molecule has 1 aromatic rings. The third-order valence-electron chi connectivity index (χ3n) is 1.13. The molecule has 0 aromatic carbocycles. The van der Waals surface area contributed by atoms with Gasteiger partial charge < -0.3 is 10.5 Å². The summed E-state index contributed by atoms with van der Waals surface area (Å²) in [7, 11) is 0. The van der Waals surface area contributed by atoms with Crippen molar-refractivity contribution in [1.82, 2.24) is 9.97 Å². The third kappa shape index (κ3) is 1.91. The molecule has 1 rings (SSSR count). The molecule has 0 saturated carbocycles. The van der Waals surface area contributed by atoms with Crippen LogP contribution in [0.2, 0.25) is 0 Å². The zero-order valence-corrected chi connectivity index (χ0v) is 6.65. The molecule has 0 radical (unpaired) electrons. The van der Waals surface area contributed by atoms with Crippen molar-refractivity contribution in [2.75, 3.05) is 12.3 Å². The highest BCUT2D eigenvalue weighted by atomic mass is 16.5. The van der Waals surface area contributed by atoms with Crippen LogP contribution in [0.5, 0.6) is 0 Å². The Morgan fingerprint density at radius 3 is 2.67 bits per heavy atom. The summed E-state index contributed by atoms with van der Waals surface area (Å²) in [5.41, 5.74) is 5.74. The molecule has 0 aliphatic heterocycles. The van der Waals surface area contributed by atoms with Gasteiger partial charge in [-0.15, -0.1) is 0 Å². The van der Waals surface area contributed by atoms with Gasteiger partial charge in [0.15, 0.2) is 0 Å². The molecule has 0 unspecified atom stereocenters. The van der Waals surface area contributed by atoms with Crippen LogP contribution in [0, 0.1) is 0 Å². The van der Waals surface area contributed by atoms with Crippen LogP contribution < -0.4 is 5.73 Å². The normalized spacial score (nSPS) is 9.42. The smallest absolute Gasteiger partial charge is 0.376 e. The molecule has 0 aliphatic carbocycles. The molecule has 5 heteroatoms. The second kappa shape index (κ2) is 3.66. The average Bonchev–Trinajstić information content (AvgIpc) is 2.06. The van der Waals surface area contributed by atoms with Gasteiger partial charge in [-0.2, -0.15) is 0 Å². The van der Waals surface area contributed by atoms with Crippen molar-refractivity contribution in [3.8, 4) is 0 Å². The second-order valence-electron chi connectivity index (χ2n) is 2.06. The maximum Gasteiger partial charge on any atom is 0.376 e. The van der Waals surface area contributed by atoms with E-state index in [1.54, 1.807) is 6.92 Å². The summed E-state index contributed by atoms with van der Waals surface area (Å²) in [5, 5.41) is 0. The highest BCUT2D eigenvalue weighted by molar-refractivity contribution is 5.85. The predicted octanol–water partition coefficient (Wildman–Crippen LogP) is 0.236. The van der Waals surface area contributed by atoms with Gasteiger partial charge in [0.25, 0.3) is 0 Å². The van der Waals surface area contributed by atoms with Crippen LogP contribution in [0.15, 0.2) is 12.4 Å². The number of carbonyl (C=O) groups excluding carboxylic acids is 1. The molecule has 64 valence electrons. The molecular formula is C7H9N3O2. The second-order valence-corrected chi connectivity index (χ2v) is 2.06. The van der Waals surface area contributed by atoms with Crippen molar-refractivity contribution in [2.24, 2.45) is 0 Å². The van der Waals surface area contributed by atoms with Gasteiger partial charge in [-0.05, 0) is 6.92 Å². The van der Waals surface area contributed by atoms with E-state index in [4.69, 9.17) is 5.73 Å². The Morgan fingerprint density at radius 1 is 1.58 bits per heavy atom. The minimum atomic E-state index is -0.530. The number of rotatable bonds is 2. The minimum absolute atomic E-state index is 0.0334. The van der Waals surface area contributed by atoms with Crippen LogP contribution in [0.3, 0.4) is 0 Å². The number of ether oxygens (including phenoxy) is 1. The zero-order valence-electron chi connectivity index (χ0n) is 6.65. The molecule has 0 bridgehead atoms. The molecule has 2 N–H and O–H groups in total. The number of anilines is 1. The van der Waals surface area contributed by atoms with E-state index in [1.165, 1.54) is 12.4 Å². The number of hydrogen-bond donors (Lipinski definition) is 1. The van der Waals surface area contributed by atoms with Gasteiger partial charge in [-0.3, -0.25) is 0 Å². The number of esters is 1. The van der Waals surface area contributed by atoms with Crippen molar-refractivity contribution in [3.63, 3.8) is 0 Å². The van der Waals surface area contributed by atoms with Crippen LogP contribution in [-0.2, 0) is 4.74 Å². The van der Waals surface area contributed by atoms with E-state index in [-0.39, 0.29) is 5.82 Å². The van der Waals surface area contributed by atoms with Crippen molar-refractivity contribution in [2.45, 2.75) is 6.92 Å². The Morgan fingerprint density at radius 2 is 2.17 bits per heavy atom. The van der Waals surface area contributed by atoms with Crippen LogP contribution in [0.1, 0.15) is 17.5 Å². The minimum Gasteiger partial charge on any atom is -0.460 e. The Kier molecular flexibility index (Phi) is 2.57. The maximum atomic E-state index is 11.0. The predicted molar refractivity (Wildman–Crippen MR) is 42.4 cm³/mol. The molecule has 0 saturated heterocycles. The Bertz CT molecular complexity index is 270. The molecule has 0 amide bonds.